The standard InChI is InChI=1S/C14H18F2O3/c1-5-14(15,16)11-8-9(2)6-7-12(11)19-10(3)13(17)18-4/h6-8,10H,5H2,1-4H3/t10-/m0/s1. The molecule has 5 heteroatoms. The van der Waals surface area contributed by atoms with Crippen molar-refractivity contribution in [2.45, 2.75) is 39.2 Å². The summed E-state index contributed by atoms with van der Waals surface area (Å²) in [6.45, 7) is 4.58. The maximum absolute atomic E-state index is 13.9. The number of aryl methyl sites for hydroxylation is 1. The van der Waals surface area contributed by atoms with Gasteiger partial charge in [0.2, 0.25) is 0 Å². The zero-order valence-corrected chi connectivity index (χ0v) is 11.5. The Bertz CT molecular complexity index is 458. The minimum atomic E-state index is -2.99. The summed E-state index contributed by atoms with van der Waals surface area (Å²) in [5.74, 6) is -3.58. The second-order valence-corrected chi connectivity index (χ2v) is 4.34. The predicted octanol–water partition coefficient (Wildman–Crippen LogP) is 3.44. The Balaban J connectivity index is 3.11. The molecular formula is C14H18F2O3. The number of rotatable bonds is 5. The van der Waals surface area contributed by atoms with Crippen LogP contribution in [0, 0.1) is 6.92 Å². The lowest BCUT2D eigenvalue weighted by Crippen LogP contribution is -2.26. The van der Waals surface area contributed by atoms with Gasteiger partial charge in [-0.25, -0.2) is 13.6 Å². The fraction of sp³-hybridized carbons (Fsp3) is 0.500. The van der Waals surface area contributed by atoms with Gasteiger partial charge in [0.25, 0.3) is 5.92 Å². The highest BCUT2D eigenvalue weighted by Crippen LogP contribution is 2.38. The number of hydrogen-bond acceptors (Lipinski definition) is 3. The van der Waals surface area contributed by atoms with Crippen LogP contribution in [0.2, 0.25) is 0 Å². The van der Waals surface area contributed by atoms with Crippen molar-refractivity contribution in [3.63, 3.8) is 0 Å². The Morgan fingerprint density at radius 3 is 2.58 bits per heavy atom. The minimum absolute atomic E-state index is 0.00958. The van der Waals surface area contributed by atoms with Crippen LogP contribution in [0.3, 0.4) is 0 Å². The Morgan fingerprint density at radius 2 is 2.05 bits per heavy atom. The number of ether oxygens (including phenoxy) is 2. The van der Waals surface area contributed by atoms with E-state index >= 15 is 0 Å². The molecule has 0 N–H and O–H groups in total. The van der Waals surface area contributed by atoms with E-state index in [-0.39, 0.29) is 17.7 Å². The molecule has 1 atom stereocenters. The minimum Gasteiger partial charge on any atom is -0.479 e. The van der Waals surface area contributed by atoms with Crippen LogP contribution in [0.5, 0.6) is 5.75 Å². The molecule has 0 unspecified atom stereocenters. The number of alkyl halides is 2. The van der Waals surface area contributed by atoms with Gasteiger partial charge in [0.1, 0.15) is 5.75 Å². The predicted molar refractivity (Wildman–Crippen MR) is 67.5 cm³/mol. The van der Waals surface area contributed by atoms with Crippen molar-refractivity contribution in [3.05, 3.63) is 29.3 Å². The zero-order chi connectivity index (χ0) is 14.6. The highest BCUT2D eigenvalue weighted by molar-refractivity contribution is 5.74. The normalized spacial score (nSPS) is 12.9. The summed E-state index contributed by atoms with van der Waals surface area (Å²) in [7, 11) is 1.22. The van der Waals surface area contributed by atoms with Crippen LogP contribution < -0.4 is 4.74 Å². The summed E-state index contributed by atoms with van der Waals surface area (Å²) in [6, 6.07) is 4.49. The molecule has 19 heavy (non-hydrogen) atoms. The van der Waals surface area contributed by atoms with Crippen molar-refractivity contribution in [1.29, 1.82) is 0 Å². The summed E-state index contributed by atoms with van der Waals surface area (Å²) in [6.07, 6.45) is -1.27. The lowest BCUT2D eigenvalue weighted by atomic mass is 10.0. The summed E-state index contributed by atoms with van der Waals surface area (Å²) in [5, 5.41) is 0. The third-order valence-electron chi connectivity index (χ3n) is 2.81. The molecule has 1 aromatic rings. The second-order valence-electron chi connectivity index (χ2n) is 4.34. The average Bonchev–Trinajstić information content (AvgIpc) is 2.39. The fourth-order valence-electron chi connectivity index (χ4n) is 1.63. The molecule has 1 aromatic carbocycles. The first kappa shape index (κ1) is 15.4. The smallest absolute Gasteiger partial charge is 0.346 e. The largest absolute Gasteiger partial charge is 0.479 e. The lowest BCUT2D eigenvalue weighted by molar-refractivity contribution is -0.148. The third-order valence-corrected chi connectivity index (χ3v) is 2.81. The first-order valence-electron chi connectivity index (χ1n) is 6.05. The van der Waals surface area contributed by atoms with Gasteiger partial charge in [0.05, 0.1) is 12.7 Å². The highest BCUT2D eigenvalue weighted by atomic mass is 19.3. The SMILES string of the molecule is CCC(F)(F)c1cc(C)ccc1O[C@@H](C)C(=O)OC. The molecule has 0 aliphatic heterocycles. The highest BCUT2D eigenvalue weighted by Gasteiger charge is 2.33. The number of benzene rings is 1. The molecule has 0 fully saturated rings. The molecule has 106 valence electrons. The summed E-state index contributed by atoms with van der Waals surface area (Å²) in [5.41, 5.74) is 0.506. The van der Waals surface area contributed by atoms with E-state index in [0.29, 0.717) is 5.56 Å². The van der Waals surface area contributed by atoms with Gasteiger partial charge in [0.15, 0.2) is 6.10 Å². The van der Waals surface area contributed by atoms with Crippen molar-refractivity contribution in [2.24, 2.45) is 0 Å². The van der Waals surface area contributed by atoms with E-state index in [4.69, 9.17) is 4.74 Å². The van der Waals surface area contributed by atoms with Gasteiger partial charge < -0.3 is 9.47 Å². The fourth-order valence-corrected chi connectivity index (χ4v) is 1.63. The van der Waals surface area contributed by atoms with E-state index in [0.717, 1.165) is 0 Å². The number of carbonyl (C=O) groups excluding carboxylic acids is 1. The maximum atomic E-state index is 13.9. The zero-order valence-electron chi connectivity index (χ0n) is 11.5. The Kier molecular flexibility index (Phi) is 4.86. The van der Waals surface area contributed by atoms with Gasteiger partial charge in [-0.2, -0.15) is 0 Å². The van der Waals surface area contributed by atoms with Crippen molar-refractivity contribution >= 4 is 5.97 Å². The molecule has 0 spiro atoms. The summed E-state index contributed by atoms with van der Waals surface area (Å²) in [4.78, 5) is 11.3. The molecule has 0 aliphatic carbocycles. The van der Waals surface area contributed by atoms with Gasteiger partial charge in [-0.05, 0) is 26.0 Å². The van der Waals surface area contributed by atoms with E-state index in [9.17, 15) is 13.6 Å². The van der Waals surface area contributed by atoms with E-state index in [1.165, 1.54) is 33.1 Å². The van der Waals surface area contributed by atoms with E-state index in [1.54, 1.807) is 13.0 Å². The molecule has 0 amide bonds. The second kappa shape index (κ2) is 5.99. The van der Waals surface area contributed by atoms with Gasteiger partial charge in [-0.1, -0.05) is 18.6 Å². The number of carbonyl (C=O) groups is 1. The molecular weight excluding hydrogens is 254 g/mol. The van der Waals surface area contributed by atoms with Crippen molar-refractivity contribution in [1.82, 2.24) is 0 Å². The van der Waals surface area contributed by atoms with Crippen molar-refractivity contribution in [3.8, 4) is 5.75 Å². The van der Waals surface area contributed by atoms with Gasteiger partial charge in [0, 0.05) is 6.42 Å². The van der Waals surface area contributed by atoms with Crippen molar-refractivity contribution in [2.75, 3.05) is 7.11 Å². The molecule has 0 bridgehead atoms. The Labute approximate surface area is 111 Å². The topological polar surface area (TPSA) is 35.5 Å². The van der Waals surface area contributed by atoms with Crippen LogP contribution in [-0.2, 0) is 15.5 Å². The van der Waals surface area contributed by atoms with E-state index in [2.05, 4.69) is 4.74 Å². The average molecular weight is 272 g/mol. The Morgan fingerprint density at radius 1 is 1.42 bits per heavy atom. The van der Waals surface area contributed by atoms with E-state index in [1.807, 2.05) is 0 Å². The molecule has 0 aliphatic rings. The quantitative estimate of drug-likeness (QED) is 0.770. The van der Waals surface area contributed by atoms with Crippen LogP contribution >= 0.6 is 0 Å². The first-order chi connectivity index (χ1) is 8.81. The number of esters is 1. The summed E-state index contributed by atoms with van der Waals surface area (Å²) < 4.78 is 37.5. The molecule has 0 saturated carbocycles. The van der Waals surface area contributed by atoms with Crippen LogP contribution in [0.1, 0.15) is 31.4 Å². The van der Waals surface area contributed by atoms with Crippen LogP contribution in [0.15, 0.2) is 18.2 Å². The monoisotopic (exact) mass is 272 g/mol. The number of methoxy groups -OCH3 is 1. The summed E-state index contributed by atoms with van der Waals surface area (Å²) >= 11 is 0. The number of hydrogen-bond donors (Lipinski definition) is 0. The van der Waals surface area contributed by atoms with E-state index < -0.39 is 18.0 Å². The molecule has 1 rings (SSSR count). The maximum Gasteiger partial charge on any atom is 0.346 e. The van der Waals surface area contributed by atoms with Crippen LogP contribution in [-0.4, -0.2) is 19.2 Å². The van der Waals surface area contributed by atoms with Crippen LogP contribution in [0.4, 0.5) is 8.78 Å². The molecule has 0 aromatic heterocycles. The third kappa shape index (κ3) is 3.66. The lowest BCUT2D eigenvalue weighted by Gasteiger charge is -2.21. The van der Waals surface area contributed by atoms with Gasteiger partial charge in [-0.15, -0.1) is 0 Å². The Hall–Kier alpha value is -1.65. The molecule has 0 heterocycles. The van der Waals surface area contributed by atoms with Gasteiger partial charge in [-0.3, -0.25) is 0 Å². The van der Waals surface area contributed by atoms with Gasteiger partial charge >= 0.3 is 5.97 Å². The first-order valence-corrected chi connectivity index (χ1v) is 6.05. The van der Waals surface area contributed by atoms with Crippen molar-refractivity contribution < 1.29 is 23.0 Å². The molecule has 0 saturated heterocycles. The molecule has 3 nitrogen and oxygen atoms in total. The number of halogens is 2. The molecule has 0 radical (unpaired) electrons. The van der Waals surface area contributed by atoms with Crippen LogP contribution in [0.25, 0.3) is 0 Å².